The van der Waals surface area contributed by atoms with Crippen molar-refractivity contribution in [2.75, 3.05) is 14.2 Å². The van der Waals surface area contributed by atoms with Crippen LogP contribution in [0.25, 0.3) is 0 Å². The topological polar surface area (TPSA) is 18.5 Å². The number of rotatable bonds is 2. The minimum Gasteiger partial charge on any atom is -0.353 e. The summed E-state index contributed by atoms with van der Waals surface area (Å²) in [6.07, 6.45) is 3.72. The van der Waals surface area contributed by atoms with E-state index in [0.717, 1.165) is 12.3 Å². The van der Waals surface area contributed by atoms with Gasteiger partial charge in [0.25, 0.3) is 0 Å². The maximum atomic E-state index is 5.75. The van der Waals surface area contributed by atoms with Gasteiger partial charge in [-0.15, -0.1) is 0 Å². The summed E-state index contributed by atoms with van der Waals surface area (Å²) in [5.41, 5.74) is 1.28. The summed E-state index contributed by atoms with van der Waals surface area (Å²) in [5, 5.41) is 0. The van der Waals surface area contributed by atoms with Gasteiger partial charge in [0.1, 0.15) is 0 Å². The number of hydrogen-bond donors (Lipinski definition) is 0. The average molecular weight is 210 g/mol. The fraction of sp³-hybridized carbons (Fsp3) is 1.00. The molecule has 0 aliphatic heterocycles. The number of methoxy groups -OCH3 is 2. The van der Waals surface area contributed by atoms with Crippen LogP contribution >= 0.6 is 0 Å². The Morgan fingerprint density at radius 1 is 1.00 bits per heavy atom. The van der Waals surface area contributed by atoms with Crippen LogP contribution in [0.1, 0.15) is 40.0 Å². The zero-order chi connectivity index (χ0) is 11.1. The van der Waals surface area contributed by atoms with Crippen molar-refractivity contribution in [1.82, 2.24) is 0 Å². The van der Waals surface area contributed by atoms with Crippen LogP contribution in [-0.2, 0) is 9.47 Å². The van der Waals surface area contributed by atoms with Gasteiger partial charge < -0.3 is 9.47 Å². The molecule has 0 bridgehead atoms. The molecular formula is C13H22O2. The summed E-state index contributed by atoms with van der Waals surface area (Å²) in [6.45, 7) is 7.22. The van der Waals surface area contributed by atoms with Crippen molar-refractivity contribution < 1.29 is 9.47 Å². The smallest absolute Gasteiger partial charge is 0.173 e. The Labute approximate surface area is 92.3 Å². The number of hydrogen-bond acceptors (Lipinski definition) is 2. The van der Waals surface area contributed by atoms with Gasteiger partial charge in [-0.25, -0.2) is 0 Å². The first-order valence-corrected chi connectivity index (χ1v) is 6.02. The Bertz CT molecular complexity index is 312. The first-order chi connectivity index (χ1) is 6.92. The lowest BCUT2D eigenvalue weighted by Crippen LogP contribution is -2.58. The molecule has 0 radical (unpaired) electrons. The summed E-state index contributed by atoms with van der Waals surface area (Å²) in [6, 6.07) is 0. The second-order valence-electron chi connectivity index (χ2n) is 6.44. The van der Waals surface area contributed by atoms with Crippen molar-refractivity contribution >= 4 is 0 Å². The molecule has 0 N–H and O–H groups in total. The molecule has 3 rings (SSSR count). The van der Waals surface area contributed by atoms with E-state index >= 15 is 0 Å². The van der Waals surface area contributed by atoms with Gasteiger partial charge in [-0.3, -0.25) is 0 Å². The third kappa shape index (κ3) is 0.656. The van der Waals surface area contributed by atoms with Crippen molar-refractivity contribution in [3.63, 3.8) is 0 Å². The Morgan fingerprint density at radius 3 is 1.93 bits per heavy atom. The van der Waals surface area contributed by atoms with Crippen LogP contribution in [0.2, 0.25) is 0 Å². The van der Waals surface area contributed by atoms with E-state index in [4.69, 9.17) is 9.47 Å². The van der Waals surface area contributed by atoms with Gasteiger partial charge in [-0.05, 0) is 29.6 Å². The summed E-state index contributed by atoms with van der Waals surface area (Å²) >= 11 is 0. The predicted octanol–water partition coefficient (Wildman–Crippen LogP) is 2.82. The molecule has 2 nitrogen and oxygen atoms in total. The van der Waals surface area contributed by atoms with Gasteiger partial charge in [0.15, 0.2) is 5.79 Å². The number of ether oxygens (including phenoxy) is 2. The highest BCUT2D eigenvalue weighted by Gasteiger charge is 2.90. The minimum atomic E-state index is -0.300. The average Bonchev–Trinajstić information content (AvgIpc) is 2.64. The lowest BCUT2D eigenvalue weighted by atomic mass is 9.53. The van der Waals surface area contributed by atoms with E-state index < -0.39 is 0 Å². The van der Waals surface area contributed by atoms with E-state index in [9.17, 15) is 0 Å². The third-order valence-electron chi connectivity index (χ3n) is 6.51. The maximum Gasteiger partial charge on any atom is 0.173 e. The summed E-state index contributed by atoms with van der Waals surface area (Å²) in [7, 11) is 3.61. The van der Waals surface area contributed by atoms with Crippen LogP contribution in [0.15, 0.2) is 0 Å². The molecule has 1 spiro atoms. The molecule has 0 aromatic heterocycles. The van der Waals surface area contributed by atoms with Crippen LogP contribution in [-0.4, -0.2) is 20.0 Å². The largest absolute Gasteiger partial charge is 0.353 e. The molecule has 0 amide bonds. The predicted molar refractivity (Wildman–Crippen MR) is 58.4 cm³/mol. The second-order valence-corrected chi connectivity index (χ2v) is 6.44. The molecule has 15 heavy (non-hydrogen) atoms. The van der Waals surface area contributed by atoms with Gasteiger partial charge in [0.2, 0.25) is 0 Å². The SMILES string of the molecule is COC1(OC)CC2C(C)(C)C23CCC13C. The highest BCUT2D eigenvalue weighted by molar-refractivity contribution is 5.36. The van der Waals surface area contributed by atoms with Crippen LogP contribution in [0.3, 0.4) is 0 Å². The van der Waals surface area contributed by atoms with Gasteiger partial charge in [-0.2, -0.15) is 0 Å². The summed E-state index contributed by atoms with van der Waals surface area (Å²) < 4.78 is 11.5. The van der Waals surface area contributed by atoms with Crippen molar-refractivity contribution in [2.45, 2.75) is 45.8 Å². The molecule has 3 aliphatic rings. The van der Waals surface area contributed by atoms with Crippen LogP contribution < -0.4 is 0 Å². The van der Waals surface area contributed by atoms with Gasteiger partial charge in [-0.1, -0.05) is 20.8 Å². The Morgan fingerprint density at radius 2 is 1.60 bits per heavy atom. The Balaban J connectivity index is 2.04. The fourth-order valence-corrected chi connectivity index (χ4v) is 5.48. The maximum absolute atomic E-state index is 5.75. The quantitative estimate of drug-likeness (QED) is 0.652. The zero-order valence-electron chi connectivity index (χ0n) is 10.5. The van der Waals surface area contributed by atoms with Gasteiger partial charge in [0.05, 0.1) is 0 Å². The first-order valence-electron chi connectivity index (χ1n) is 6.02. The Kier molecular flexibility index (Phi) is 1.54. The van der Waals surface area contributed by atoms with Crippen molar-refractivity contribution in [1.29, 1.82) is 0 Å². The van der Waals surface area contributed by atoms with E-state index in [2.05, 4.69) is 20.8 Å². The van der Waals surface area contributed by atoms with E-state index in [1.54, 1.807) is 14.2 Å². The molecule has 0 aromatic rings. The highest BCUT2D eigenvalue weighted by Crippen LogP contribution is 2.92. The molecule has 3 unspecified atom stereocenters. The van der Waals surface area contributed by atoms with Gasteiger partial charge in [0, 0.05) is 26.1 Å². The lowest BCUT2D eigenvalue weighted by molar-refractivity contribution is -0.304. The summed E-state index contributed by atoms with van der Waals surface area (Å²) in [5.74, 6) is 0.509. The van der Waals surface area contributed by atoms with E-state index in [1.165, 1.54) is 12.8 Å². The van der Waals surface area contributed by atoms with Crippen molar-refractivity contribution in [2.24, 2.45) is 22.2 Å². The van der Waals surface area contributed by atoms with Crippen molar-refractivity contribution in [3.8, 4) is 0 Å². The lowest BCUT2D eigenvalue weighted by Gasteiger charge is -2.56. The van der Waals surface area contributed by atoms with Crippen LogP contribution in [0.5, 0.6) is 0 Å². The van der Waals surface area contributed by atoms with Gasteiger partial charge >= 0.3 is 0 Å². The zero-order valence-corrected chi connectivity index (χ0v) is 10.5. The third-order valence-corrected chi connectivity index (χ3v) is 6.51. The molecule has 0 heterocycles. The van der Waals surface area contributed by atoms with Crippen molar-refractivity contribution in [3.05, 3.63) is 0 Å². The molecule has 3 atom stereocenters. The molecule has 0 saturated heterocycles. The second kappa shape index (κ2) is 2.28. The van der Waals surface area contributed by atoms with Crippen LogP contribution in [0.4, 0.5) is 0 Å². The molecule has 3 fully saturated rings. The fourth-order valence-electron chi connectivity index (χ4n) is 5.48. The monoisotopic (exact) mass is 210 g/mol. The molecular weight excluding hydrogens is 188 g/mol. The molecule has 2 heteroatoms. The van der Waals surface area contributed by atoms with E-state index in [-0.39, 0.29) is 11.2 Å². The molecule has 3 saturated carbocycles. The molecule has 0 aromatic carbocycles. The van der Waals surface area contributed by atoms with E-state index in [0.29, 0.717) is 10.8 Å². The Hall–Kier alpha value is -0.0800. The first kappa shape index (κ1) is 10.1. The summed E-state index contributed by atoms with van der Waals surface area (Å²) in [4.78, 5) is 0. The van der Waals surface area contributed by atoms with E-state index in [1.807, 2.05) is 0 Å². The highest BCUT2D eigenvalue weighted by atomic mass is 16.7. The normalized spacial score (nSPS) is 53.0. The standard InChI is InChI=1S/C13H22O2/c1-10(2)9-8-13(14-4,15-5)11(3)6-7-12(9,10)11/h9H,6-8H2,1-5H3. The minimum absolute atomic E-state index is 0.248. The molecule has 3 aliphatic carbocycles. The molecule has 86 valence electrons. The van der Waals surface area contributed by atoms with Crippen LogP contribution in [0, 0.1) is 22.2 Å².